The zero-order valence-corrected chi connectivity index (χ0v) is 8.83. The van der Waals surface area contributed by atoms with Crippen molar-refractivity contribution < 1.29 is 18.7 Å². The molecule has 1 amide bonds. The number of amides is 1. The molecule has 2 aliphatic rings. The van der Waals surface area contributed by atoms with E-state index in [2.05, 4.69) is 10.6 Å². The Hall–Kier alpha value is -0.750. The average Bonchev–Trinajstić information content (AvgIpc) is 2.86. The molecule has 2 saturated heterocycles. The van der Waals surface area contributed by atoms with Gasteiger partial charge in [-0.15, -0.1) is 0 Å². The fraction of sp³-hybridized carbons (Fsp3) is 0.900. The van der Waals surface area contributed by atoms with Crippen molar-refractivity contribution in [1.82, 2.24) is 10.6 Å². The summed E-state index contributed by atoms with van der Waals surface area (Å²) in [6, 6.07) is 0.592. The molecular formula is C10H16F2N2O2. The van der Waals surface area contributed by atoms with E-state index in [0.717, 1.165) is 19.3 Å². The number of carbonyl (C=O) groups is 1. The molecule has 4 unspecified atom stereocenters. The van der Waals surface area contributed by atoms with E-state index in [9.17, 15) is 13.6 Å². The van der Waals surface area contributed by atoms with Crippen LogP contribution in [0.15, 0.2) is 0 Å². The molecule has 0 aromatic heterocycles. The van der Waals surface area contributed by atoms with Crippen LogP contribution in [0.2, 0.25) is 0 Å². The molecule has 4 atom stereocenters. The molecule has 0 radical (unpaired) electrons. The van der Waals surface area contributed by atoms with Crippen LogP contribution >= 0.6 is 0 Å². The fourth-order valence-electron chi connectivity index (χ4n) is 2.54. The van der Waals surface area contributed by atoms with Gasteiger partial charge >= 0.3 is 0 Å². The van der Waals surface area contributed by atoms with Crippen LogP contribution in [0.3, 0.4) is 0 Å². The number of hydrogen-bond donors (Lipinski definition) is 3. The average molecular weight is 234 g/mol. The summed E-state index contributed by atoms with van der Waals surface area (Å²) in [5.74, 6) is -0.344. The van der Waals surface area contributed by atoms with Gasteiger partial charge in [0, 0.05) is 18.6 Å². The van der Waals surface area contributed by atoms with Crippen LogP contribution in [0, 0.1) is 5.92 Å². The topological polar surface area (TPSA) is 61.4 Å². The Kier molecular flexibility index (Phi) is 3.39. The van der Waals surface area contributed by atoms with Crippen molar-refractivity contribution in [1.29, 1.82) is 0 Å². The predicted molar refractivity (Wildman–Crippen MR) is 53.1 cm³/mol. The molecule has 2 aliphatic heterocycles. The second kappa shape index (κ2) is 4.63. The van der Waals surface area contributed by atoms with Gasteiger partial charge in [0.05, 0.1) is 5.92 Å². The SMILES string of the molecule is O=C(NCC(O)C(F)F)C1CC2CCC1N2. The number of alkyl halides is 2. The molecule has 92 valence electrons. The number of rotatable bonds is 4. The van der Waals surface area contributed by atoms with Crippen LogP contribution in [0.4, 0.5) is 8.78 Å². The summed E-state index contributed by atoms with van der Waals surface area (Å²) in [6.45, 7) is -0.371. The van der Waals surface area contributed by atoms with E-state index in [4.69, 9.17) is 5.11 Å². The lowest BCUT2D eigenvalue weighted by Crippen LogP contribution is -2.42. The Morgan fingerprint density at radius 2 is 2.25 bits per heavy atom. The van der Waals surface area contributed by atoms with Crippen molar-refractivity contribution in [2.24, 2.45) is 5.92 Å². The highest BCUT2D eigenvalue weighted by Gasteiger charge is 2.42. The second-order valence-corrected chi connectivity index (χ2v) is 4.54. The Labute approximate surface area is 92.4 Å². The Morgan fingerprint density at radius 1 is 1.50 bits per heavy atom. The van der Waals surface area contributed by atoms with Crippen LogP contribution in [-0.2, 0) is 4.79 Å². The largest absolute Gasteiger partial charge is 0.385 e. The molecule has 2 rings (SSSR count). The van der Waals surface area contributed by atoms with E-state index < -0.39 is 12.5 Å². The van der Waals surface area contributed by atoms with E-state index in [0.29, 0.717) is 6.04 Å². The first-order chi connectivity index (χ1) is 7.58. The van der Waals surface area contributed by atoms with Gasteiger partial charge in [-0.2, -0.15) is 0 Å². The Bertz CT molecular complexity index is 276. The lowest BCUT2D eigenvalue weighted by Gasteiger charge is -2.20. The van der Waals surface area contributed by atoms with E-state index in [1.807, 2.05) is 0 Å². The molecule has 2 bridgehead atoms. The maximum absolute atomic E-state index is 12.0. The lowest BCUT2D eigenvalue weighted by molar-refractivity contribution is -0.126. The van der Waals surface area contributed by atoms with Crippen LogP contribution in [0.5, 0.6) is 0 Å². The number of aliphatic hydroxyl groups excluding tert-OH is 1. The van der Waals surface area contributed by atoms with Crippen LogP contribution < -0.4 is 10.6 Å². The minimum absolute atomic E-state index is 0.122. The normalized spacial score (nSPS) is 34.4. The van der Waals surface area contributed by atoms with Gasteiger partial charge in [-0.1, -0.05) is 0 Å². The smallest absolute Gasteiger partial charge is 0.265 e. The summed E-state index contributed by atoms with van der Waals surface area (Å²) in [5, 5.41) is 14.5. The van der Waals surface area contributed by atoms with Crippen molar-refractivity contribution >= 4 is 5.91 Å². The standard InChI is InChI=1S/C10H16F2N2O2/c11-9(12)8(15)4-13-10(16)6-3-5-1-2-7(6)14-5/h5-9,14-15H,1-4H2,(H,13,16). The molecule has 0 aliphatic carbocycles. The van der Waals surface area contributed by atoms with Gasteiger partial charge in [-0.3, -0.25) is 4.79 Å². The number of carbonyl (C=O) groups excluding carboxylic acids is 1. The molecule has 16 heavy (non-hydrogen) atoms. The van der Waals surface area contributed by atoms with E-state index >= 15 is 0 Å². The number of fused-ring (bicyclic) bond motifs is 2. The maximum atomic E-state index is 12.0. The molecule has 0 aromatic rings. The van der Waals surface area contributed by atoms with Crippen LogP contribution in [0.1, 0.15) is 19.3 Å². The minimum Gasteiger partial charge on any atom is -0.385 e. The van der Waals surface area contributed by atoms with Crippen molar-refractivity contribution in [3.8, 4) is 0 Å². The van der Waals surface area contributed by atoms with Crippen molar-refractivity contribution in [2.45, 2.75) is 43.9 Å². The van der Waals surface area contributed by atoms with Gasteiger partial charge in [0.15, 0.2) is 0 Å². The summed E-state index contributed by atoms with van der Waals surface area (Å²) in [7, 11) is 0. The van der Waals surface area contributed by atoms with Crippen LogP contribution in [0.25, 0.3) is 0 Å². The van der Waals surface area contributed by atoms with E-state index in [1.54, 1.807) is 0 Å². The first-order valence-electron chi connectivity index (χ1n) is 5.58. The highest BCUT2D eigenvalue weighted by Crippen LogP contribution is 2.33. The fourth-order valence-corrected chi connectivity index (χ4v) is 2.54. The molecular weight excluding hydrogens is 218 g/mol. The molecule has 0 spiro atoms. The third-order valence-corrected chi connectivity index (χ3v) is 3.41. The van der Waals surface area contributed by atoms with Gasteiger partial charge in [-0.25, -0.2) is 8.78 Å². The molecule has 6 heteroatoms. The summed E-state index contributed by atoms with van der Waals surface area (Å²) in [5.41, 5.74) is 0. The quantitative estimate of drug-likeness (QED) is 0.635. The second-order valence-electron chi connectivity index (χ2n) is 4.54. The monoisotopic (exact) mass is 234 g/mol. The van der Waals surface area contributed by atoms with Gasteiger partial charge in [0.1, 0.15) is 6.10 Å². The Balaban J connectivity index is 1.76. The maximum Gasteiger partial charge on any atom is 0.265 e. The van der Waals surface area contributed by atoms with Crippen molar-refractivity contribution in [3.63, 3.8) is 0 Å². The lowest BCUT2D eigenvalue weighted by atomic mass is 9.88. The summed E-state index contributed by atoms with van der Waals surface area (Å²) in [4.78, 5) is 11.7. The molecule has 0 aromatic carbocycles. The summed E-state index contributed by atoms with van der Waals surface area (Å²) >= 11 is 0. The van der Waals surface area contributed by atoms with Gasteiger partial charge in [0.2, 0.25) is 5.91 Å². The van der Waals surface area contributed by atoms with Crippen molar-refractivity contribution in [3.05, 3.63) is 0 Å². The van der Waals surface area contributed by atoms with Gasteiger partial charge in [-0.05, 0) is 19.3 Å². The highest BCUT2D eigenvalue weighted by atomic mass is 19.3. The predicted octanol–water partition coefficient (Wildman–Crippen LogP) is -0.131. The zero-order chi connectivity index (χ0) is 11.7. The minimum atomic E-state index is -2.81. The van der Waals surface area contributed by atoms with E-state index in [-0.39, 0.29) is 24.4 Å². The van der Waals surface area contributed by atoms with Gasteiger partial charge in [0.25, 0.3) is 6.43 Å². The number of nitrogens with one attached hydrogen (secondary N) is 2. The molecule has 2 fully saturated rings. The first kappa shape index (κ1) is 11.7. The van der Waals surface area contributed by atoms with Gasteiger partial charge < -0.3 is 15.7 Å². The zero-order valence-electron chi connectivity index (χ0n) is 8.83. The number of aliphatic hydroxyl groups is 1. The first-order valence-corrected chi connectivity index (χ1v) is 5.58. The Morgan fingerprint density at radius 3 is 2.75 bits per heavy atom. The summed E-state index contributed by atoms with van der Waals surface area (Å²) < 4.78 is 24.0. The highest BCUT2D eigenvalue weighted by molar-refractivity contribution is 5.80. The number of hydrogen-bond acceptors (Lipinski definition) is 3. The molecule has 3 N–H and O–H groups in total. The van der Waals surface area contributed by atoms with Crippen molar-refractivity contribution in [2.75, 3.05) is 6.54 Å². The molecule has 0 saturated carbocycles. The molecule has 4 nitrogen and oxygen atoms in total. The van der Waals surface area contributed by atoms with Crippen LogP contribution in [-0.4, -0.2) is 42.2 Å². The molecule has 2 heterocycles. The third kappa shape index (κ3) is 2.32. The number of halogens is 2. The third-order valence-electron chi connectivity index (χ3n) is 3.41. The summed E-state index contributed by atoms with van der Waals surface area (Å²) in [6.07, 6.45) is -1.73. The van der Waals surface area contributed by atoms with E-state index in [1.165, 1.54) is 0 Å².